The molecule has 6 nitrogen and oxygen atoms in total. The second-order valence-electron chi connectivity index (χ2n) is 7.02. The number of rotatable bonds is 8. The molecule has 1 fully saturated rings. The predicted octanol–water partition coefficient (Wildman–Crippen LogP) is 2.77. The van der Waals surface area contributed by atoms with Crippen LogP contribution in [0.5, 0.6) is 0 Å². The number of nitrogens with one attached hydrogen (secondary N) is 2. The van der Waals surface area contributed by atoms with E-state index in [-0.39, 0.29) is 10.8 Å². The van der Waals surface area contributed by atoms with Crippen molar-refractivity contribution in [2.24, 2.45) is 0 Å². The van der Waals surface area contributed by atoms with E-state index in [0.717, 1.165) is 24.2 Å². The van der Waals surface area contributed by atoms with Crippen LogP contribution < -0.4 is 10.6 Å². The molecule has 0 aliphatic carbocycles. The number of hydrogen-bond donors (Lipinski definition) is 2. The Hall–Kier alpha value is -2.38. The third kappa shape index (κ3) is 4.91. The second-order valence-corrected chi connectivity index (χ2v) is 8.91. The van der Waals surface area contributed by atoms with E-state index in [2.05, 4.69) is 10.6 Å². The number of hydrogen-bond acceptors (Lipinski definition) is 4. The fourth-order valence-corrected chi connectivity index (χ4v) is 5.00. The standard InChI is InChI=1S/C21H27N3O3S/c1-17-10-12-19(13-11-17)28(26,27)24-16-5-9-20(24)21(25)23-15-6-14-22-18-7-3-2-4-8-18/h2-4,7-8,10-13,20,22H,5-6,9,14-16H2,1H3,(H,23,25)/t20-/m0/s1. The van der Waals surface area contributed by atoms with Crippen LogP contribution in [-0.4, -0.2) is 44.3 Å². The Morgan fingerprint density at radius 1 is 1.07 bits per heavy atom. The number of amides is 1. The number of nitrogens with zero attached hydrogens (tertiary/aromatic N) is 1. The zero-order valence-electron chi connectivity index (χ0n) is 16.1. The lowest BCUT2D eigenvalue weighted by Crippen LogP contribution is -2.46. The van der Waals surface area contributed by atoms with Gasteiger partial charge in [-0.25, -0.2) is 8.42 Å². The molecule has 0 bridgehead atoms. The topological polar surface area (TPSA) is 78.5 Å². The van der Waals surface area contributed by atoms with Crippen LogP contribution in [0.2, 0.25) is 0 Å². The van der Waals surface area contributed by atoms with Crippen molar-refractivity contribution in [1.29, 1.82) is 0 Å². The smallest absolute Gasteiger partial charge is 0.243 e. The third-order valence-electron chi connectivity index (χ3n) is 4.89. The lowest BCUT2D eigenvalue weighted by molar-refractivity contribution is -0.124. The molecule has 2 aromatic rings. The molecule has 3 rings (SSSR count). The quantitative estimate of drug-likeness (QED) is 0.667. The highest BCUT2D eigenvalue weighted by molar-refractivity contribution is 7.89. The van der Waals surface area contributed by atoms with Gasteiger partial charge in [0.2, 0.25) is 15.9 Å². The van der Waals surface area contributed by atoms with Crippen molar-refractivity contribution in [2.45, 2.75) is 37.1 Å². The Kier molecular flexibility index (Phi) is 6.70. The van der Waals surface area contributed by atoms with E-state index in [1.807, 2.05) is 37.3 Å². The molecule has 0 radical (unpaired) electrons. The summed E-state index contributed by atoms with van der Waals surface area (Å²) >= 11 is 0. The van der Waals surface area contributed by atoms with Gasteiger partial charge in [0, 0.05) is 25.3 Å². The van der Waals surface area contributed by atoms with Crippen molar-refractivity contribution in [3.05, 3.63) is 60.2 Å². The van der Waals surface area contributed by atoms with Gasteiger partial charge in [0.15, 0.2) is 0 Å². The monoisotopic (exact) mass is 401 g/mol. The van der Waals surface area contributed by atoms with Gasteiger partial charge in [-0.1, -0.05) is 35.9 Å². The molecule has 1 amide bonds. The zero-order valence-corrected chi connectivity index (χ0v) is 16.9. The third-order valence-corrected chi connectivity index (χ3v) is 6.81. The summed E-state index contributed by atoms with van der Waals surface area (Å²) in [4.78, 5) is 12.8. The van der Waals surface area contributed by atoms with Gasteiger partial charge in [-0.15, -0.1) is 0 Å². The number of carbonyl (C=O) groups is 1. The summed E-state index contributed by atoms with van der Waals surface area (Å²) in [6.45, 7) is 3.53. The number of para-hydroxylation sites is 1. The van der Waals surface area contributed by atoms with Crippen molar-refractivity contribution in [2.75, 3.05) is 25.0 Å². The normalized spacial score (nSPS) is 17.4. The Balaban J connectivity index is 1.52. The van der Waals surface area contributed by atoms with Gasteiger partial charge in [0.25, 0.3) is 0 Å². The Morgan fingerprint density at radius 2 is 1.79 bits per heavy atom. The summed E-state index contributed by atoms with van der Waals surface area (Å²) in [5.41, 5.74) is 2.04. The largest absolute Gasteiger partial charge is 0.385 e. The van der Waals surface area contributed by atoms with Gasteiger partial charge in [-0.3, -0.25) is 4.79 Å². The summed E-state index contributed by atoms with van der Waals surface area (Å²) in [7, 11) is -3.66. The number of sulfonamides is 1. The molecule has 28 heavy (non-hydrogen) atoms. The molecule has 0 spiro atoms. The van der Waals surface area contributed by atoms with Crippen LogP contribution in [0.15, 0.2) is 59.5 Å². The van der Waals surface area contributed by atoms with Crippen LogP contribution in [0, 0.1) is 6.92 Å². The minimum Gasteiger partial charge on any atom is -0.385 e. The SMILES string of the molecule is Cc1ccc(S(=O)(=O)N2CCC[C@H]2C(=O)NCCCNc2ccccc2)cc1. The number of carbonyl (C=O) groups excluding carboxylic acids is 1. The van der Waals surface area contributed by atoms with Gasteiger partial charge >= 0.3 is 0 Å². The van der Waals surface area contributed by atoms with Crippen molar-refractivity contribution in [3.63, 3.8) is 0 Å². The van der Waals surface area contributed by atoms with Gasteiger partial charge in [-0.2, -0.15) is 4.31 Å². The maximum atomic E-state index is 12.9. The van der Waals surface area contributed by atoms with Crippen LogP contribution in [0.4, 0.5) is 5.69 Å². The molecule has 0 saturated carbocycles. The average Bonchev–Trinajstić information content (AvgIpc) is 3.20. The summed E-state index contributed by atoms with van der Waals surface area (Å²) in [6, 6.07) is 16.0. The molecule has 0 aromatic heterocycles. The first-order valence-corrected chi connectivity index (χ1v) is 11.1. The predicted molar refractivity (Wildman–Crippen MR) is 111 cm³/mol. The minimum absolute atomic E-state index is 0.215. The van der Waals surface area contributed by atoms with Gasteiger partial charge in [0.1, 0.15) is 6.04 Å². The highest BCUT2D eigenvalue weighted by atomic mass is 32.2. The lowest BCUT2D eigenvalue weighted by atomic mass is 10.2. The molecule has 7 heteroatoms. The Morgan fingerprint density at radius 3 is 2.50 bits per heavy atom. The number of anilines is 1. The molecule has 150 valence electrons. The summed E-state index contributed by atoms with van der Waals surface area (Å²) in [5, 5.41) is 6.18. The Labute approximate surface area is 167 Å². The van der Waals surface area contributed by atoms with Gasteiger partial charge in [-0.05, 0) is 50.5 Å². The van der Waals surface area contributed by atoms with Crippen LogP contribution >= 0.6 is 0 Å². The maximum absolute atomic E-state index is 12.9. The van der Waals surface area contributed by atoms with E-state index in [4.69, 9.17) is 0 Å². The lowest BCUT2D eigenvalue weighted by Gasteiger charge is -2.23. The molecule has 1 atom stereocenters. The zero-order chi connectivity index (χ0) is 20.0. The van der Waals surface area contributed by atoms with Crippen molar-refractivity contribution in [3.8, 4) is 0 Å². The first-order chi connectivity index (χ1) is 13.5. The van der Waals surface area contributed by atoms with E-state index in [0.29, 0.717) is 25.9 Å². The average molecular weight is 402 g/mol. The molecular weight excluding hydrogens is 374 g/mol. The van der Waals surface area contributed by atoms with Crippen molar-refractivity contribution >= 4 is 21.6 Å². The van der Waals surface area contributed by atoms with Gasteiger partial charge in [0.05, 0.1) is 4.90 Å². The van der Waals surface area contributed by atoms with Crippen LogP contribution in [0.1, 0.15) is 24.8 Å². The fourth-order valence-electron chi connectivity index (χ4n) is 3.34. The van der Waals surface area contributed by atoms with E-state index in [1.54, 1.807) is 24.3 Å². The Bertz CT molecular complexity index is 883. The van der Waals surface area contributed by atoms with Crippen LogP contribution in [-0.2, 0) is 14.8 Å². The summed E-state index contributed by atoms with van der Waals surface area (Å²) < 4.78 is 27.2. The van der Waals surface area contributed by atoms with E-state index >= 15 is 0 Å². The molecule has 1 heterocycles. The van der Waals surface area contributed by atoms with Crippen molar-refractivity contribution in [1.82, 2.24) is 9.62 Å². The van der Waals surface area contributed by atoms with E-state index in [1.165, 1.54) is 4.31 Å². The first-order valence-electron chi connectivity index (χ1n) is 9.63. The van der Waals surface area contributed by atoms with Crippen LogP contribution in [0.3, 0.4) is 0 Å². The first kappa shape index (κ1) is 20.4. The maximum Gasteiger partial charge on any atom is 0.243 e. The molecule has 2 aromatic carbocycles. The fraction of sp³-hybridized carbons (Fsp3) is 0.381. The van der Waals surface area contributed by atoms with E-state index < -0.39 is 16.1 Å². The van der Waals surface area contributed by atoms with E-state index in [9.17, 15) is 13.2 Å². The molecule has 1 aliphatic heterocycles. The highest BCUT2D eigenvalue weighted by Gasteiger charge is 2.39. The molecular formula is C21H27N3O3S. The molecule has 0 unspecified atom stereocenters. The summed E-state index contributed by atoms with van der Waals surface area (Å²) in [5.74, 6) is -0.215. The van der Waals surface area contributed by atoms with Gasteiger partial charge < -0.3 is 10.6 Å². The molecule has 1 saturated heterocycles. The highest BCUT2D eigenvalue weighted by Crippen LogP contribution is 2.26. The summed E-state index contributed by atoms with van der Waals surface area (Å²) in [6.07, 6.45) is 2.01. The molecule has 2 N–H and O–H groups in total. The molecule has 1 aliphatic rings. The minimum atomic E-state index is -3.66. The number of aryl methyl sites for hydroxylation is 1. The second kappa shape index (κ2) is 9.21. The van der Waals surface area contributed by atoms with Crippen LogP contribution in [0.25, 0.3) is 0 Å². The van der Waals surface area contributed by atoms with Crippen molar-refractivity contribution < 1.29 is 13.2 Å². The number of benzene rings is 2.